The lowest BCUT2D eigenvalue weighted by Gasteiger charge is -2.06. The van der Waals surface area contributed by atoms with E-state index in [4.69, 9.17) is 0 Å². The Morgan fingerprint density at radius 1 is 1.70 bits per heavy atom. The van der Waals surface area contributed by atoms with E-state index in [1.165, 1.54) is 13.5 Å². The highest BCUT2D eigenvalue weighted by Gasteiger charge is 2.07. The Morgan fingerprint density at radius 3 is 2.70 bits per heavy atom. The molecule has 0 aromatic carbocycles. The first-order chi connectivity index (χ1) is 4.72. The minimum atomic E-state index is -0.656. The van der Waals surface area contributed by atoms with E-state index in [0.29, 0.717) is 6.61 Å². The summed E-state index contributed by atoms with van der Waals surface area (Å²) in [6.45, 7) is 2.21. The molecule has 0 heterocycles. The van der Waals surface area contributed by atoms with Crippen molar-refractivity contribution in [3.8, 4) is 0 Å². The average Bonchev–Trinajstić information content (AvgIpc) is 1.98. The maximum Gasteiger partial charge on any atom is 0.416 e. The number of carbonyl (C=O) groups excluding carboxylic acids is 2. The second-order valence-electron chi connectivity index (χ2n) is 1.76. The van der Waals surface area contributed by atoms with Crippen LogP contribution < -0.4 is 0 Å². The summed E-state index contributed by atoms with van der Waals surface area (Å²) in [5.41, 5.74) is 0. The lowest BCUT2D eigenvalue weighted by Crippen LogP contribution is -2.25. The standard InChI is InChI=1S/C6H10NO3/c1-3-4-10-6(9)7(2)5-8/h3-4H2,1-2H3. The summed E-state index contributed by atoms with van der Waals surface area (Å²) in [6, 6.07) is 0. The van der Waals surface area contributed by atoms with E-state index >= 15 is 0 Å². The monoisotopic (exact) mass is 144 g/mol. The molecular formula is C6H10NO3. The Bertz CT molecular complexity index is 124. The second kappa shape index (κ2) is 4.78. The van der Waals surface area contributed by atoms with E-state index < -0.39 is 6.09 Å². The van der Waals surface area contributed by atoms with Crippen LogP contribution in [-0.2, 0) is 9.53 Å². The van der Waals surface area contributed by atoms with Gasteiger partial charge in [0, 0.05) is 7.05 Å². The Labute approximate surface area is 59.8 Å². The molecule has 0 bridgehead atoms. The van der Waals surface area contributed by atoms with Crippen LogP contribution in [0.15, 0.2) is 0 Å². The highest BCUT2D eigenvalue weighted by molar-refractivity contribution is 5.79. The zero-order chi connectivity index (χ0) is 7.98. The highest BCUT2D eigenvalue weighted by Crippen LogP contribution is 1.87. The van der Waals surface area contributed by atoms with Gasteiger partial charge in [0.15, 0.2) is 0 Å². The van der Waals surface area contributed by atoms with Crippen LogP contribution in [0.4, 0.5) is 4.79 Å². The molecule has 0 N–H and O–H groups in total. The molecule has 0 unspecified atom stereocenters. The fraction of sp³-hybridized carbons (Fsp3) is 0.667. The molecule has 0 aromatic rings. The van der Waals surface area contributed by atoms with Gasteiger partial charge in [-0.15, -0.1) is 0 Å². The third-order valence-corrected chi connectivity index (χ3v) is 0.840. The van der Waals surface area contributed by atoms with Crippen molar-refractivity contribution in [3.63, 3.8) is 0 Å². The van der Waals surface area contributed by atoms with Crippen LogP contribution in [0.2, 0.25) is 0 Å². The van der Waals surface area contributed by atoms with Crippen molar-refractivity contribution >= 4 is 12.5 Å². The van der Waals surface area contributed by atoms with E-state index in [1.807, 2.05) is 6.92 Å². The number of hydrogen-bond acceptors (Lipinski definition) is 3. The first-order valence-corrected chi connectivity index (χ1v) is 3.00. The van der Waals surface area contributed by atoms with Crippen molar-refractivity contribution < 1.29 is 14.3 Å². The number of hydrogen-bond donors (Lipinski definition) is 0. The molecule has 0 atom stereocenters. The molecule has 10 heavy (non-hydrogen) atoms. The predicted molar refractivity (Wildman–Crippen MR) is 35.1 cm³/mol. The van der Waals surface area contributed by atoms with Crippen molar-refractivity contribution in [2.45, 2.75) is 13.3 Å². The summed E-state index contributed by atoms with van der Waals surface area (Å²) in [5, 5.41) is 0. The van der Waals surface area contributed by atoms with Gasteiger partial charge >= 0.3 is 12.5 Å². The predicted octanol–water partition coefficient (Wildman–Crippen LogP) is 0.532. The molecule has 0 aromatic heterocycles. The molecule has 1 radical (unpaired) electrons. The molecule has 0 rings (SSSR count). The molecule has 4 nitrogen and oxygen atoms in total. The Morgan fingerprint density at radius 2 is 2.30 bits per heavy atom. The molecule has 0 spiro atoms. The third-order valence-electron chi connectivity index (χ3n) is 0.840. The molecule has 0 saturated carbocycles. The van der Waals surface area contributed by atoms with Gasteiger partial charge in [-0.2, -0.15) is 0 Å². The van der Waals surface area contributed by atoms with E-state index in [0.717, 1.165) is 11.3 Å². The Hall–Kier alpha value is -1.06. The second-order valence-corrected chi connectivity index (χ2v) is 1.76. The molecule has 57 valence electrons. The largest absolute Gasteiger partial charge is 0.449 e. The van der Waals surface area contributed by atoms with Gasteiger partial charge in [-0.3, -0.25) is 4.79 Å². The fourth-order valence-electron chi connectivity index (χ4n) is 0.323. The van der Waals surface area contributed by atoms with Crippen molar-refractivity contribution in [2.24, 2.45) is 0 Å². The first kappa shape index (κ1) is 8.94. The van der Waals surface area contributed by atoms with Gasteiger partial charge in [-0.05, 0) is 6.42 Å². The average molecular weight is 144 g/mol. The van der Waals surface area contributed by atoms with E-state index in [1.54, 1.807) is 0 Å². The molecule has 0 saturated heterocycles. The number of nitrogens with zero attached hydrogens (tertiary/aromatic N) is 1. The molecule has 0 aliphatic heterocycles. The molecule has 0 fully saturated rings. The van der Waals surface area contributed by atoms with Crippen LogP contribution in [0, 0.1) is 0 Å². The normalized spacial score (nSPS) is 8.60. The fourth-order valence-corrected chi connectivity index (χ4v) is 0.323. The topological polar surface area (TPSA) is 46.6 Å². The summed E-state index contributed by atoms with van der Waals surface area (Å²) in [5.74, 6) is 0. The molecular weight excluding hydrogens is 134 g/mol. The maximum atomic E-state index is 10.6. The van der Waals surface area contributed by atoms with Crippen LogP contribution in [0.1, 0.15) is 13.3 Å². The van der Waals surface area contributed by atoms with Crippen LogP contribution in [0.3, 0.4) is 0 Å². The van der Waals surface area contributed by atoms with Crippen molar-refractivity contribution in [1.82, 2.24) is 4.90 Å². The van der Waals surface area contributed by atoms with E-state index in [9.17, 15) is 9.59 Å². The maximum absolute atomic E-state index is 10.6. The van der Waals surface area contributed by atoms with E-state index in [2.05, 4.69) is 4.74 Å². The quantitative estimate of drug-likeness (QED) is 0.543. The van der Waals surface area contributed by atoms with Gasteiger partial charge < -0.3 is 4.74 Å². The number of ether oxygens (including phenoxy) is 1. The number of carbonyl (C=O) groups is 1. The van der Waals surface area contributed by atoms with E-state index in [-0.39, 0.29) is 0 Å². The number of rotatable bonds is 3. The van der Waals surface area contributed by atoms with Gasteiger partial charge in [-0.25, -0.2) is 9.69 Å². The molecule has 4 heteroatoms. The zero-order valence-corrected chi connectivity index (χ0v) is 6.09. The Kier molecular flexibility index (Phi) is 4.28. The lowest BCUT2D eigenvalue weighted by molar-refractivity contribution is 0.127. The summed E-state index contributed by atoms with van der Waals surface area (Å²) >= 11 is 0. The molecule has 0 aliphatic carbocycles. The summed E-state index contributed by atoms with van der Waals surface area (Å²) in [4.78, 5) is 21.1. The van der Waals surface area contributed by atoms with Crippen LogP contribution in [-0.4, -0.2) is 31.1 Å². The van der Waals surface area contributed by atoms with Crippen LogP contribution in [0.25, 0.3) is 0 Å². The number of imide groups is 1. The summed E-state index contributed by atoms with van der Waals surface area (Å²) < 4.78 is 4.57. The molecule has 2 amide bonds. The minimum absolute atomic E-state index is 0.338. The van der Waals surface area contributed by atoms with Gasteiger partial charge in [0.1, 0.15) is 0 Å². The van der Waals surface area contributed by atoms with Gasteiger partial charge in [0.25, 0.3) is 0 Å². The third kappa shape index (κ3) is 3.06. The SMILES string of the molecule is CCCOC(=O)N(C)[C]=O. The van der Waals surface area contributed by atoms with Gasteiger partial charge in [0.2, 0.25) is 0 Å². The van der Waals surface area contributed by atoms with Crippen LogP contribution >= 0.6 is 0 Å². The van der Waals surface area contributed by atoms with Gasteiger partial charge in [0.05, 0.1) is 6.61 Å². The lowest BCUT2D eigenvalue weighted by atomic mass is 10.5. The minimum Gasteiger partial charge on any atom is -0.449 e. The van der Waals surface area contributed by atoms with Gasteiger partial charge in [-0.1, -0.05) is 6.92 Å². The molecule has 0 aliphatic rings. The smallest absolute Gasteiger partial charge is 0.416 e. The Balaban J connectivity index is 3.51. The van der Waals surface area contributed by atoms with Crippen molar-refractivity contribution in [1.29, 1.82) is 0 Å². The number of amides is 2. The summed E-state index contributed by atoms with van der Waals surface area (Å²) in [7, 11) is 1.30. The van der Waals surface area contributed by atoms with Crippen LogP contribution in [0.5, 0.6) is 0 Å². The highest BCUT2D eigenvalue weighted by atomic mass is 16.6. The van der Waals surface area contributed by atoms with Crippen molar-refractivity contribution in [2.75, 3.05) is 13.7 Å². The summed E-state index contributed by atoms with van der Waals surface area (Å²) in [6.07, 6.45) is 1.48. The first-order valence-electron chi connectivity index (χ1n) is 3.00. The zero-order valence-electron chi connectivity index (χ0n) is 6.09. The van der Waals surface area contributed by atoms with Crippen molar-refractivity contribution in [3.05, 3.63) is 0 Å².